The van der Waals surface area contributed by atoms with E-state index < -0.39 is 10.0 Å². The minimum absolute atomic E-state index is 0.1000. The Morgan fingerprint density at radius 2 is 1.75 bits per heavy atom. The van der Waals surface area contributed by atoms with Gasteiger partial charge in [-0.05, 0) is 25.0 Å². The Kier molecular flexibility index (Phi) is 4.18. The summed E-state index contributed by atoms with van der Waals surface area (Å²) >= 11 is 0. The van der Waals surface area contributed by atoms with Crippen molar-refractivity contribution in [3.63, 3.8) is 0 Å². The Morgan fingerprint density at radius 1 is 1.00 bits per heavy atom. The smallest absolute Gasteiger partial charge is 0.217 e. The second kappa shape index (κ2) is 6.33. The Balaban J connectivity index is 1.38. The number of hydrogen-bond donors (Lipinski definition) is 0. The van der Waals surface area contributed by atoms with Gasteiger partial charge in [-0.25, -0.2) is 13.4 Å². The number of benzene rings is 1. The zero-order valence-corrected chi connectivity index (χ0v) is 14.4. The first kappa shape index (κ1) is 15.8. The summed E-state index contributed by atoms with van der Waals surface area (Å²) in [4.78, 5) is 4.48. The van der Waals surface area contributed by atoms with Gasteiger partial charge in [-0.2, -0.15) is 4.31 Å². The Labute approximate surface area is 142 Å². The number of sulfonamides is 1. The topological polar surface area (TPSA) is 59.5 Å². The fraction of sp³-hybridized carbons (Fsp3) is 0.500. The lowest BCUT2D eigenvalue weighted by Crippen LogP contribution is -2.58. The van der Waals surface area contributed by atoms with Crippen molar-refractivity contribution in [1.29, 1.82) is 0 Å². The molecular formula is C18H22N2O3S. The number of rotatable bonds is 4. The molecule has 2 aliphatic rings. The van der Waals surface area contributed by atoms with Gasteiger partial charge in [-0.1, -0.05) is 37.5 Å². The van der Waals surface area contributed by atoms with Gasteiger partial charge in [0.1, 0.15) is 6.10 Å². The monoisotopic (exact) mass is 346 g/mol. The van der Waals surface area contributed by atoms with Crippen LogP contribution in [0.15, 0.2) is 36.4 Å². The van der Waals surface area contributed by atoms with Gasteiger partial charge in [-0.3, -0.25) is 0 Å². The van der Waals surface area contributed by atoms with Crippen molar-refractivity contribution in [2.45, 2.75) is 43.5 Å². The lowest BCUT2D eigenvalue weighted by Gasteiger charge is -2.40. The predicted molar refractivity (Wildman–Crippen MR) is 93.5 cm³/mol. The number of nitrogens with zero attached hydrogens (tertiary/aromatic N) is 2. The van der Waals surface area contributed by atoms with Crippen LogP contribution in [0, 0.1) is 0 Å². The second-order valence-corrected chi connectivity index (χ2v) is 8.92. The van der Waals surface area contributed by atoms with Crippen LogP contribution in [0.25, 0.3) is 10.9 Å². The first-order valence-corrected chi connectivity index (χ1v) is 10.1. The minimum atomic E-state index is -3.15. The van der Waals surface area contributed by atoms with Crippen molar-refractivity contribution in [2.24, 2.45) is 0 Å². The van der Waals surface area contributed by atoms with Crippen LogP contribution >= 0.6 is 0 Å². The summed E-state index contributed by atoms with van der Waals surface area (Å²) < 4.78 is 32.6. The van der Waals surface area contributed by atoms with E-state index in [4.69, 9.17) is 4.74 Å². The molecule has 6 heteroatoms. The van der Waals surface area contributed by atoms with Crippen molar-refractivity contribution in [1.82, 2.24) is 9.29 Å². The highest BCUT2D eigenvalue weighted by molar-refractivity contribution is 7.89. The van der Waals surface area contributed by atoms with Crippen LogP contribution in [0.3, 0.4) is 0 Å². The van der Waals surface area contributed by atoms with E-state index in [1.807, 2.05) is 36.4 Å². The van der Waals surface area contributed by atoms with E-state index in [0.717, 1.165) is 43.0 Å². The normalized spacial score (nSPS) is 20.8. The van der Waals surface area contributed by atoms with Gasteiger partial charge in [0.25, 0.3) is 0 Å². The Morgan fingerprint density at radius 3 is 2.54 bits per heavy atom. The number of fused-ring (bicyclic) bond motifs is 1. The largest absolute Gasteiger partial charge is 0.472 e. The molecule has 1 aromatic heterocycles. The third-order valence-electron chi connectivity index (χ3n) is 5.01. The van der Waals surface area contributed by atoms with Crippen molar-refractivity contribution >= 4 is 20.9 Å². The first-order valence-electron chi connectivity index (χ1n) is 8.64. The molecule has 0 N–H and O–H groups in total. The maximum absolute atomic E-state index is 12.6. The zero-order valence-electron chi connectivity index (χ0n) is 13.6. The van der Waals surface area contributed by atoms with E-state index in [9.17, 15) is 8.42 Å². The molecule has 2 aromatic rings. The summed E-state index contributed by atoms with van der Waals surface area (Å²) in [6.07, 6.45) is 4.72. The third-order valence-corrected chi connectivity index (χ3v) is 7.34. The second-order valence-electron chi connectivity index (χ2n) is 6.70. The number of pyridine rings is 1. The molecule has 0 amide bonds. The molecule has 2 heterocycles. The van der Waals surface area contributed by atoms with Gasteiger partial charge >= 0.3 is 0 Å². The lowest BCUT2D eigenvalue weighted by atomic mass is 10.0. The molecule has 128 valence electrons. The summed E-state index contributed by atoms with van der Waals surface area (Å²) in [6, 6.07) is 11.7. The van der Waals surface area contributed by atoms with Crippen molar-refractivity contribution < 1.29 is 13.2 Å². The molecule has 0 spiro atoms. The maximum Gasteiger partial charge on any atom is 0.217 e. The van der Waals surface area contributed by atoms with Crippen LogP contribution in [-0.4, -0.2) is 42.2 Å². The van der Waals surface area contributed by atoms with E-state index in [1.54, 1.807) is 4.31 Å². The fourth-order valence-electron chi connectivity index (χ4n) is 3.54. The standard InChI is InChI=1S/C18H22N2O3S/c21-24(22,16-7-2-1-3-8-16)20-12-15(13-20)23-18-11-10-14-6-4-5-9-17(14)19-18/h4-6,9-11,15-16H,1-3,7-8,12-13H2. The average molecular weight is 346 g/mol. The quantitative estimate of drug-likeness (QED) is 0.854. The summed E-state index contributed by atoms with van der Waals surface area (Å²) in [6.45, 7) is 0.876. The number of ether oxygens (including phenoxy) is 1. The van der Waals surface area contributed by atoms with Crippen LogP contribution in [0.2, 0.25) is 0 Å². The molecule has 5 nitrogen and oxygen atoms in total. The molecule has 24 heavy (non-hydrogen) atoms. The lowest BCUT2D eigenvalue weighted by molar-refractivity contribution is 0.0713. The van der Waals surface area contributed by atoms with E-state index in [2.05, 4.69) is 4.98 Å². The van der Waals surface area contributed by atoms with Crippen LogP contribution in [0.5, 0.6) is 5.88 Å². The van der Waals surface area contributed by atoms with Gasteiger partial charge in [0.2, 0.25) is 15.9 Å². The maximum atomic E-state index is 12.6. The molecule has 0 bridgehead atoms. The fourth-order valence-corrected chi connectivity index (χ4v) is 5.64. The van der Waals surface area contributed by atoms with Crippen LogP contribution in [-0.2, 0) is 10.0 Å². The summed E-state index contributed by atoms with van der Waals surface area (Å²) in [5, 5.41) is 0.881. The number of para-hydroxylation sites is 1. The number of hydrogen-bond acceptors (Lipinski definition) is 4. The van der Waals surface area contributed by atoms with E-state index >= 15 is 0 Å². The van der Waals surface area contributed by atoms with Crippen molar-refractivity contribution in [3.8, 4) is 5.88 Å². The third kappa shape index (κ3) is 3.00. The zero-order chi connectivity index (χ0) is 16.6. The Bertz CT molecular complexity index is 825. The molecule has 1 aliphatic heterocycles. The van der Waals surface area contributed by atoms with E-state index in [0.29, 0.717) is 19.0 Å². The van der Waals surface area contributed by atoms with Crippen LogP contribution in [0.1, 0.15) is 32.1 Å². The molecule has 1 saturated heterocycles. The highest BCUT2D eigenvalue weighted by Gasteiger charge is 2.41. The van der Waals surface area contributed by atoms with Gasteiger partial charge in [-0.15, -0.1) is 0 Å². The molecule has 1 aliphatic carbocycles. The number of aromatic nitrogens is 1. The van der Waals surface area contributed by atoms with Gasteiger partial charge in [0.05, 0.1) is 23.9 Å². The van der Waals surface area contributed by atoms with Crippen molar-refractivity contribution in [3.05, 3.63) is 36.4 Å². The molecular weight excluding hydrogens is 324 g/mol. The highest BCUT2D eigenvalue weighted by atomic mass is 32.2. The molecule has 0 unspecified atom stereocenters. The molecule has 0 radical (unpaired) electrons. The molecule has 2 fully saturated rings. The van der Waals surface area contributed by atoms with E-state index in [1.165, 1.54) is 0 Å². The van der Waals surface area contributed by atoms with Gasteiger partial charge in [0.15, 0.2) is 0 Å². The summed E-state index contributed by atoms with van der Waals surface area (Å²) in [5.74, 6) is 0.563. The summed E-state index contributed by atoms with van der Waals surface area (Å²) in [7, 11) is -3.15. The highest BCUT2D eigenvalue weighted by Crippen LogP contribution is 2.29. The molecule has 1 aromatic carbocycles. The molecule has 0 atom stereocenters. The average Bonchev–Trinajstić information content (AvgIpc) is 2.58. The Hall–Kier alpha value is -1.66. The SMILES string of the molecule is O=S(=O)(C1CCCCC1)N1CC(Oc2ccc3ccccc3n2)C1. The molecule has 4 rings (SSSR count). The van der Waals surface area contributed by atoms with Crippen molar-refractivity contribution in [2.75, 3.05) is 13.1 Å². The van der Waals surface area contributed by atoms with Crippen LogP contribution in [0.4, 0.5) is 0 Å². The predicted octanol–water partition coefficient (Wildman–Crippen LogP) is 2.96. The summed E-state index contributed by atoms with van der Waals surface area (Å²) in [5.41, 5.74) is 0.890. The molecule has 1 saturated carbocycles. The van der Waals surface area contributed by atoms with E-state index in [-0.39, 0.29) is 11.4 Å². The first-order chi connectivity index (χ1) is 11.6. The van der Waals surface area contributed by atoms with Gasteiger partial charge in [0, 0.05) is 11.5 Å². The van der Waals surface area contributed by atoms with Gasteiger partial charge < -0.3 is 4.74 Å². The minimum Gasteiger partial charge on any atom is -0.472 e. The van der Waals surface area contributed by atoms with Crippen LogP contribution < -0.4 is 4.74 Å².